The minimum Gasteiger partial charge on any atom is -0.366 e. The number of nitro groups is 1. The minimum atomic E-state index is -0.705. The molecule has 2 aromatic rings. The van der Waals surface area contributed by atoms with Gasteiger partial charge in [-0.05, 0) is 23.8 Å². The Morgan fingerprint density at radius 2 is 2.00 bits per heavy atom. The fourth-order valence-corrected chi connectivity index (χ4v) is 2.31. The average molecular weight is 320 g/mol. The lowest BCUT2D eigenvalue weighted by Crippen LogP contribution is -2.19. The van der Waals surface area contributed by atoms with Gasteiger partial charge in [-0.15, -0.1) is 0 Å². The third-order valence-electron chi connectivity index (χ3n) is 3.23. The molecule has 2 N–H and O–H groups in total. The largest absolute Gasteiger partial charge is 0.366 e. The van der Waals surface area contributed by atoms with E-state index in [9.17, 15) is 14.9 Å². The number of hydrogen-bond acceptors (Lipinski definition) is 4. The van der Waals surface area contributed by atoms with Crippen LogP contribution in [0.15, 0.2) is 42.5 Å². The van der Waals surface area contributed by atoms with Gasteiger partial charge in [-0.25, -0.2) is 0 Å². The van der Waals surface area contributed by atoms with Gasteiger partial charge in [-0.3, -0.25) is 14.9 Å². The summed E-state index contributed by atoms with van der Waals surface area (Å²) in [5, 5.41) is 11.8. The summed E-state index contributed by atoms with van der Waals surface area (Å²) in [5.41, 5.74) is 6.31. The Bertz CT molecular complexity index is 734. The molecule has 7 heteroatoms. The number of halogens is 1. The van der Waals surface area contributed by atoms with E-state index in [-0.39, 0.29) is 11.3 Å². The maximum absolute atomic E-state index is 11.2. The molecule has 0 bridgehead atoms. The van der Waals surface area contributed by atoms with E-state index in [1.54, 1.807) is 18.0 Å². The Labute approximate surface area is 132 Å². The van der Waals surface area contributed by atoms with Crippen molar-refractivity contribution in [3.63, 3.8) is 0 Å². The van der Waals surface area contributed by atoms with Crippen molar-refractivity contribution in [2.45, 2.75) is 6.54 Å². The van der Waals surface area contributed by atoms with Gasteiger partial charge in [0, 0.05) is 30.2 Å². The van der Waals surface area contributed by atoms with Crippen LogP contribution >= 0.6 is 11.6 Å². The summed E-state index contributed by atoms with van der Waals surface area (Å²) in [7, 11) is 1.72. The first-order valence-electron chi connectivity index (χ1n) is 6.43. The number of nitrogens with two attached hydrogens (primary N) is 1. The molecule has 0 fully saturated rings. The highest BCUT2D eigenvalue weighted by atomic mass is 35.5. The molecular formula is C15H14ClN3O3. The molecule has 0 saturated carbocycles. The highest BCUT2D eigenvalue weighted by Gasteiger charge is 2.20. The van der Waals surface area contributed by atoms with E-state index in [0.717, 1.165) is 5.56 Å². The smallest absolute Gasteiger partial charge is 0.293 e. The Kier molecular flexibility index (Phi) is 4.62. The number of primary amides is 1. The SMILES string of the molecule is CN(Cc1ccccc1Cl)c1ccc(C(N)=O)cc1[N+](=O)[O-]. The van der Waals surface area contributed by atoms with Gasteiger partial charge in [0.2, 0.25) is 5.91 Å². The van der Waals surface area contributed by atoms with Crippen molar-refractivity contribution in [1.29, 1.82) is 0 Å². The zero-order chi connectivity index (χ0) is 16.3. The van der Waals surface area contributed by atoms with Crippen LogP contribution < -0.4 is 10.6 Å². The lowest BCUT2D eigenvalue weighted by Gasteiger charge is -2.20. The second kappa shape index (κ2) is 6.44. The maximum Gasteiger partial charge on any atom is 0.293 e. The number of benzene rings is 2. The number of amides is 1. The van der Waals surface area contributed by atoms with Crippen LogP contribution in [-0.4, -0.2) is 17.9 Å². The lowest BCUT2D eigenvalue weighted by atomic mass is 10.1. The van der Waals surface area contributed by atoms with Crippen molar-refractivity contribution in [3.8, 4) is 0 Å². The first-order chi connectivity index (χ1) is 10.4. The van der Waals surface area contributed by atoms with E-state index in [4.69, 9.17) is 17.3 Å². The summed E-state index contributed by atoms with van der Waals surface area (Å²) in [6.07, 6.45) is 0. The molecule has 0 unspecified atom stereocenters. The molecule has 0 atom stereocenters. The van der Waals surface area contributed by atoms with Gasteiger partial charge in [-0.1, -0.05) is 29.8 Å². The van der Waals surface area contributed by atoms with Gasteiger partial charge in [0.1, 0.15) is 5.69 Å². The zero-order valence-electron chi connectivity index (χ0n) is 11.8. The fraction of sp³-hybridized carbons (Fsp3) is 0.133. The molecule has 0 saturated heterocycles. The van der Waals surface area contributed by atoms with Crippen LogP contribution in [0.5, 0.6) is 0 Å². The molecule has 1 amide bonds. The van der Waals surface area contributed by atoms with Crippen molar-refractivity contribution < 1.29 is 9.72 Å². The second-order valence-corrected chi connectivity index (χ2v) is 5.18. The maximum atomic E-state index is 11.2. The summed E-state index contributed by atoms with van der Waals surface area (Å²) < 4.78 is 0. The van der Waals surface area contributed by atoms with Crippen LogP contribution in [0.4, 0.5) is 11.4 Å². The molecular weight excluding hydrogens is 306 g/mol. The molecule has 2 aromatic carbocycles. The van der Waals surface area contributed by atoms with Gasteiger partial charge in [0.05, 0.1) is 4.92 Å². The van der Waals surface area contributed by atoms with E-state index in [1.165, 1.54) is 18.2 Å². The van der Waals surface area contributed by atoms with Crippen LogP contribution in [-0.2, 0) is 6.54 Å². The van der Waals surface area contributed by atoms with Crippen molar-refractivity contribution in [3.05, 3.63) is 68.7 Å². The van der Waals surface area contributed by atoms with E-state index < -0.39 is 10.8 Å². The van der Waals surface area contributed by atoms with E-state index in [1.807, 2.05) is 18.2 Å². The van der Waals surface area contributed by atoms with E-state index >= 15 is 0 Å². The zero-order valence-corrected chi connectivity index (χ0v) is 12.6. The Balaban J connectivity index is 2.37. The third kappa shape index (κ3) is 3.35. The predicted octanol–water partition coefficient (Wildman–Crippen LogP) is 2.98. The molecule has 0 aliphatic rings. The van der Waals surface area contributed by atoms with Crippen molar-refractivity contribution in [2.24, 2.45) is 5.73 Å². The minimum absolute atomic E-state index is 0.0987. The van der Waals surface area contributed by atoms with Crippen molar-refractivity contribution in [2.75, 3.05) is 11.9 Å². The summed E-state index contributed by atoms with van der Waals surface area (Å²) in [4.78, 5) is 23.5. The summed E-state index contributed by atoms with van der Waals surface area (Å²) in [6, 6.07) is 11.4. The number of nitrogens with zero attached hydrogens (tertiary/aromatic N) is 2. The summed E-state index contributed by atoms with van der Waals surface area (Å²) >= 11 is 6.10. The number of hydrogen-bond donors (Lipinski definition) is 1. The van der Waals surface area contributed by atoms with Crippen molar-refractivity contribution >= 4 is 28.9 Å². The Hall–Kier alpha value is -2.60. The van der Waals surface area contributed by atoms with Gasteiger partial charge in [-0.2, -0.15) is 0 Å². The number of rotatable bonds is 5. The number of carbonyl (C=O) groups excluding carboxylic acids is 1. The third-order valence-corrected chi connectivity index (χ3v) is 3.60. The van der Waals surface area contributed by atoms with Gasteiger partial charge in [0.25, 0.3) is 5.69 Å². The second-order valence-electron chi connectivity index (χ2n) is 4.77. The Morgan fingerprint density at radius 1 is 1.32 bits per heavy atom. The molecule has 0 aromatic heterocycles. The monoisotopic (exact) mass is 319 g/mol. The molecule has 6 nitrogen and oxygen atoms in total. The van der Waals surface area contributed by atoms with Crippen molar-refractivity contribution in [1.82, 2.24) is 0 Å². The van der Waals surface area contributed by atoms with Gasteiger partial charge in [0.15, 0.2) is 0 Å². The number of nitro benzene ring substituents is 1. The summed E-state index contributed by atoms with van der Waals surface area (Å²) in [6.45, 7) is 0.399. The lowest BCUT2D eigenvalue weighted by molar-refractivity contribution is -0.384. The van der Waals surface area contributed by atoms with E-state index in [2.05, 4.69) is 0 Å². The first kappa shape index (κ1) is 15.8. The molecule has 0 aliphatic heterocycles. The number of carbonyl (C=O) groups is 1. The molecule has 0 radical (unpaired) electrons. The quantitative estimate of drug-likeness (QED) is 0.677. The van der Waals surface area contributed by atoms with Gasteiger partial charge < -0.3 is 10.6 Å². The number of anilines is 1. The molecule has 0 heterocycles. The molecule has 0 spiro atoms. The molecule has 2 rings (SSSR count). The summed E-state index contributed by atoms with van der Waals surface area (Å²) in [5.74, 6) is -0.705. The van der Waals surface area contributed by atoms with Crippen LogP contribution in [0.1, 0.15) is 15.9 Å². The van der Waals surface area contributed by atoms with Gasteiger partial charge >= 0.3 is 0 Å². The van der Waals surface area contributed by atoms with Crippen LogP contribution in [0.25, 0.3) is 0 Å². The normalized spacial score (nSPS) is 10.3. The average Bonchev–Trinajstić information content (AvgIpc) is 2.48. The van der Waals surface area contributed by atoms with Crippen LogP contribution in [0, 0.1) is 10.1 Å². The molecule has 114 valence electrons. The predicted molar refractivity (Wildman–Crippen MR) is 85.2 cm³/mol. The van der Waals surface area contributed by atoms with Crippen LogP contribution in [0.2, 0.25) is 5.02 Å². The highest BCUT2D eigenvalue weighted by Crippen LogP contribution is 2.30. The van der Waals surface area contributed by atoms with Crippen LogP contribution in [0.3, 0.4) is 0 Å². The standard InChI is InChI=1S/C15H14ClN3O3/c1-18(9-11-4-2-3-5-12(11)16)13-7-6-10(15(17)20)8-14(13)19(21)22/h2-8H,9H2,1H3,(H2,17,20). The first-order valence-corrected chi connectivity index (χ1v) is 6.80. The fourth-order valence-electron chi connectivity index (χ4n) is 2.11. The topological polar surface area (TPSA) is 89.5 Å². The highest BCUT2D eigenvalue weighted by molar-refractivity contribution is 6.31. The molecule has 0 aliphatic carbocycles. The van der Waals surface area contributed by atoms with E-state index in [0.29, 0.717) is 17.3 Å². The Morgan fingerprint density at radius 3 is 2.59 bits per heavy atom. The molecule has 22 heavy (non-hydrogen) atoms.